The van der Waals surface area contributed by atoms with Crippen molar-refractivity contribution in [2.45, 2.75) is 33.6 Å². The summed E-state index contributed by atoms with van der Waals surface area (Å²) in [4.78, 5) is 11.6. The normalized spacial score (nSPS) is 35.1. The first-order chi connectivity index (χ1) is 6.06. The van der Waals surface area contributed by atoms with E-state index in [9.17, 15) is 4.79 Å². The van der Waals surface area contributed by atoms with Gasteiger partial charge in [0.2, 0.25) is 0 Å². The monoisotopic (exact) mass is 180 g/mol. The summed E-state index contributed by atoms with van der Waals surface area (Å²) in [5, 5.41) is 0. The van der Waals surface area contributed by atoms with Crippen LogP contribution in [0.3, 0.4) is 0 Å². The molecule has 13 heavy (non-hydrogen) atoms. The van der Waals surface area contributed by atoms with E-state index in [1.54, 1.807) is 0 Å². The molecule has 0 amide bonds. The van der Waals surface area contributed by atoms with Crippen molar-refractivity contribution in [1.29, 1.82) is 0 Å². The lowest BCUT2D eigenvalue weighted by Crippen LogP contribution is -2.33. The smallest absolute Gasteiger partial charge is 0.136 e. The van der Waals surface area contributed by atoms with E-state index in [4.69, 9.17) is 0 Å². The standard InChI is InChI=1S/C12H20O/c1-5-10-6-11(8(2)3)9(4)12(13)7-10/h5,8-11H,1,6-7H2,2-4H3. The van der Waals surface area contributed by atoms with E-state index in [0.29, 0.717) is 30.0 Å². The molecule has 0 spiro atoms. The van der Waals surface area contributed by atoms with E-state index in [-0.39, 0.29) is 5.92 Å². The molecule has 3 unspecified atom stereocenters. The molecule has 1 nitrogen and oxygen atoms in total. The zero-order chi connectivity index (χ0) is 10.0. The van der Waals surface area contributed by atoms with Gasteiger partial charge in [-0.25, -0.2) is 0 Å². The zero-order valence-corrected chi connectivity index (χ0v) is 8.92. The third-order valence-electron chi connectivity index (χ3n) is 3.38. The summed E-state index contributed by atoms with van der Waals surface area (Å²) in [7, 11) is 0. The molecule has 1 saturated carbocycles. The molecule has 1 rings (SSSR count). The van der Waals surface area contributed by atoms with Gasteiger partial charge in [-0.2, -0.15) is 0 Å². The summed E-state index contributed by atoms with van der Waals surface area (Å²) in [5.74, 6) is 2.29. The molecule has 1 aliphatic rings. The molecule has 0 aromatic carbocycles. The molecule has 0 aliphatic heterocycles. The fraction of sp³-hybridized carbons (Fsp3) is 0.750. The highest BCUT2D eigenvalue weighted by Gasteiger charge is 2.33. The first kappa shape index (κ1) is 10.5. The van der Waals surface area contributed by atoms with Gasteiger partial charge in [0, 0.05) is 12.3 Å². The van der Waals surface area contributed by atoms with Crippen LogP contribution in [0, 0.1) is 23.7 Å². The van der Waals surface area contributed by atoms with E-state index in [2.05, 4.69) is 27.4 Å². The molecular formula is C12H20O. The predicted octanol–water partition coefficient (Wildman–Crippen LogP) is 3.06. The van der Waals surface area contributed by atoms with Crippen LogP contribution >= 0.6 is 0 Å². The molecule has 3 atom stereocenters. The van der Waals surface area contributed by atoms with Gasteiger partial charge in [0.1, 0.15) is 5.78 Å². The van der Waals surface area contributed by atoms with Crippen LogP contribution in [0.5, 0.6) is 0 Å². The summed E-state index contributed by atoms with van der Waals surface area (Å²) >= 11 is 0. The molecule has 0 N–H and O–H groups in total. The minimum absolute atomic E-state index is 0.260. The highest BCUT2D eigenvalue weighted by atomic mass is 16.1. The van der Waals surface area contributed by atoms with Crippen molar-refractivity contribution in [3.63, 3.8) is 0 Å². The van der Waals surface area contributed by atoms with Gasteiger partial charge in [0.05, 0.1) is 0 Å². The summed E-state index contributed by atoms with van der Waals surface area (Å²) < 4.78 is 0. The largest absolute Gasteiger partial charge is 0.299 e. The van der Waals surface area contributed by atoms with Gasteiger partial charge < -0.3 is 0 Å². The molecule has 0 bridgehead atoms. The Morgan fingerprint density at radius 2 is 2.15 bits per heavy atom. The number of allylic oxidation sites excluding steroid dienone is 1. The molecule has 0 aromatic rings. The maximum Gasteiger partial charge on any atom is 0.136 e. The van der Waals surface area contributed by atoms with Gasteiger partial charge in [0.15, 0.2) is 0 Å². The third kappa shape index (κ3) is 2.20. The number of carbonyl (C=O) groups is 1. The van der Waals surface area contributed by atoms with Crippen LogP contribution in [0.2, 0.25) is 0 Å². The van der Waals surface area contributed by atoms with Gasteiger partial charge in [-0.3, -0.25) is 4.79 Å². The lowest BCUT2D eigenvalue weighted by molar-refractivity contribution is -0.127. The quantitative estimate of drug-likeness (QED) is 0.597. The molecule has 0 saturated heterocycles. The molecule has 74 valence electrons. The van der Waals surface area contributed by atoms with Crippen LogP contribution in [0.4, 0.5) is 0 Å². The maximum atomic E-state index is 11.6. The summed E-state index contributed by atoms with van der Waals surface area (Å²) in [6.07, 6.45) is 3.81. The number of ketones is 1. The summed E-state index contributed by atoms with van der Waals surface area (Å²) in [6, 6.07) is 0. The summed E-state index contributed by atoms with van der Waals surface area (Å²) in [5.41, 5.74) is 0. The van der Waals surface area contributed by atoms with Crippen molar-refractivity contribution < 1.29 is 4.79 Å². The van der Waals surface area contributed by atoms with Gasteiger partial charge >= 0.3 is 0 Å². The predicted molar refractivity (Wildman–Crippen MR) is 55.4 cm³/mol. The molecule has 1 fully saturated rings. The topological polar surface area (TPSA) is 17.1 Å². The Bertz CT molecular complexity index is 205. The molecule has 0 heterocycles. The lowest BCUT2D eigenvalue weighted by atomic mass is 9.69. The lowest BCUT2D eigenvalue weighted by Gasteiger charge is -2.34. The second-order valence-electron chi connectivity index (χ2n) is 4.60. The first-order valence-corrected chi connectivity index (χ1v) is 5.21. The van der Waals surface area contributed by atoms with Crippen molar-refractivity contribution in [3.05, 3.63) is 12.7 Å². The van der Waals surface area contributed by atoms with E-state index in [1.165, 1.54) is 0 Å². The number of hydrogen-bond acceptors (Lipinski definition) is 1. The van der Waals surface area contributed by atoms with Crippen LogP contribution in [0.25, 0.3) is 0 Å². The molecule has 1 aliphatic carbocycles. The Morgan fingerprint density at radius 3 is 2.62 bits per heavy atom. The van der Waals surface area contributed by atoms with Crippen molar-refractivity contribution in [2.24, 2.45) is 23.7 Å². The van der Waals surface area contributed by atoms with Gasteiger partial charge in [-0.15, -0.1) is 6.58 Å². The minimum atomic E-state index is 0.260. The van der Waals surface area contributed by atoms with Crippen molar-refractivity contribution in [2.75, 3.05) is 0 Å². The second kappa shape index (κ2) is 4.08. The number of Topliss-reactive ketones (excluding diaryl/α,β-unsaturated/α-hetero) is 1. The van der Waals surface area contributed by atoms with Crippen LogP contribution in [-0.2, 0) is 4.79 Å². The fourth-order valence-electron chi connectivity index (χ4n) is 2.35. The molecular weight excluding hydrogens is 160 g/mol. The Balaban J connectivity index is 2.71. The number of rotatable bonds is 2. The average molecular weight is 180 g/mol. The van der Waals surface area contributed by atoms with Crippen LogP contribution in [0.1, 0.15) is 33.6 Å². The third-order valence-corrected chi connectivity index (χ3v) is 3.38. The fourth-order valence-corrected chi connectivity index (χ4v) is 2.35. The van der Waals surface area contributed by atoms with E-state index in [1.807, 2.05) is 6.08 Å². The van der Waals surface area contributed by atoms with Crippen molar-refractivity contribution in [3.8, 4) is 0 Å². The second-order valence-corrected chi connectivity index (χ2v) is 4.60. The van der Waals surface area contributed by atoms with Gasteiger partial charge in [0.25, 0.3) is 0 Å². The molecule has 0 radical (unpaired) electrons. The van der Waals surface area contributed by atoms with E-state index < -0.39 is 0 Å². The Hall–Kier alpha value is -0.590. The Labute approximate surface area is 81.2 Å². The Kier molecular flexibility index (Phi) is 3.29. The van der Waals surface area contributed by atoms with Gasteiger partial charge in [-0.05, 0) is 24.2 Å². The van der Waals surface area contributed by atoms with E-state index in [0.717, 1.165) is 6.42 Å². The van der Waals surface area contributed by atoms with Crippen LogP contribution in [0.15, 0.2) is 12.7 Å². The zero-order valence-electron chi connectivity index (χ0n) is 8.92. The van der Waals surface area contributed by atoms with E-state index >= 15 is 0 Å². The van der Waals surface area contributed by atoms with Crippen molar-refractivity contribution >= 4 is 5.78 Å². The SMILES string of the molecule is C=CC1CC(=O)C(C)C(C(C)C)C1. The molecule has 0 aromatic heterocycles. The van der Waals surface area contributed by atoms with Crippen LogP contribution in [-0.4, -0.2) is 5.78 Å². The highest BCUT2D eigenvalue weighted by molar-refractivity contribution is 5.82. The Morgan fingerprint density at radius 1 is 1.54 bits per heavy atom. The van der Waals surface area contributed by atoms with Crippen LogP contribution < -0.4 is 0 Å². The maximum absolute atomic E-state index is 11.6. The van der Waals surface area contributed by atoms with Crippen molar-refractivity contribution in [1.82, 2.24) is 0 Å². The first-order valence-electron chi connectivity index (χ1n) is 5.21. The number of carbonyl (C=O) groups excluding carboxylic acids is 1. The number of hydrogen-bond donors (Lipinski definition) is 0. The highest BCUT2D eigenvalue weighted by Crippen LogP contribution is 2.36. The summed E-state index contributed by atoms with van der Waals surface area (Å²) in [6.45, 7) is 10.3. The average Bonchev–Trinajstić information content (AvgIpc) is 2.09. The molecule has 1 heteroatoms. The van der Waals surface area contributed by atoms with Gasteiger partial charge in [-0.1, -0.05) is 26.8 Å². The minimum Gasteiger partial charge on any atom is -0.299 e.